The van der Waals surface area contributed by atoms with Gasteiger partial charge in [0, 0.05) is 25.7 Å². The maximum Gasteiger partial charge on any atom is 0.0618 e. The monoisotopic (exact) mass is 228 g/mol. The minimum Gasteiger partial charge on any atom is -0.383 e. The Labute approximate surface area is 101 Å². The Morgan fingerprint density at radius 3 is 2.31 bits per heavy atom. The third-order valence-corrected chi connectivity index (χ3v) is 3.59. The molecule has 0 aromatic heterocycles. The summed E-state index contributed by atoms with van der Waals surface area (Å²) in [5.74, 6) is 0.630. The van der Waals surface area contributed by atoms with E-state index in [1.807, 2.05) is 0 Å². The molecule has 1 aliphatic heterocycles. The maximum absolute atomic E-state index is 5.25. The van der Waals surface area contributed by atoms with Crippen LogP contribution in [0.15, 0.2) is 0 Å². The predicted molar refractivity (Wildman–Crippen MR) is 68.8 cm³/mol. The molecule has 1 fully saturated rings. The molecule has 1 heterocycles. The average Bonchev–Trinajstić information content (AvgIpc) is 2.76. The molecule has 0 radical (unpaired) electrons. The van der Waals surface area contributed by atoms with E-state index < -0.39 is 0 Å². The van der Waals surface area contributed by atoms with E-state index in [9.17, 15) is 0 Å². The summed E-state index contributed by atoms with van der Waals surface area (Å²) < 4.78 is 5.25. The predicted octanol–water partition coefficient (Wildman–Crippen LogP) is 1.73. The average molecular weight is 228 g/mol. The number of likely N-dealkylation sites (tertiary alicyclic amines) is 1. The van der Waals surface area contributed by atoms with Gasteiger partial charge in [-0.3, -0.25) is 4.90 Å². The van der Waals surface area contributed by atoms with Crippen molar-refractivity contribution in [3.63, 3.8) is 0 Å². The number of rotatable bonds is 7. The van der Waals surface area contributed by atoms with Gasteiger partial charge < -0.3 is 10.1 Å². The van der Waals surface area contributed by atoms with Crippen LogP contribution in [0.5, 0.6) is 0 Å². The van der Waals surface area contributed by atoms with Crippen LogP contribution in [0.1, 0.15) is 33.6 Å². The summed E-state index contributed by atoms with van der Waals surface area (Å²) in [6.07, 6.45) is 2.74. The first-order valence-corrected chi connectivity index (χ1v) is 6.61. The first-order valence-electron chi connectivity index (χ1n) is 6.61. The molecule has 1 aliphatic rings. The van der Waals surface area contributed by atoms with Crippen LogP contribution >= 0.6 is 0 Å². The molecule has 0 bridgehead atoms. The first-order chi connectivity index (χ1) is 7.65. The summed E-state index contributed by atoms with van der Waals surface area (Å²) in [6, 6.07) is 1.13. The van der Waals surface area contributed by atoms with Gasteiger partial charge in [0.15, 0.2) is 0 Å². The zero-order chi connectivity index (χ0) is 12.0. The van der Waals surface area contributed by atoms with E-state index in [0.29, 0.717) is 18.0 Å². The van der Waals surface area contributed by atoms with Gasteiger partial charge in [0.1, 0.15) is 0 Å². The third-order valence-electron chi connectivity index (χ3n) is 3.59. The number of nitrogens with zero attached hydrogens (tertiary/aromatic N) is 1. The molecule has 3 nitrogen and oxygen atoms in total. The van der Waals surface area contributed by atoms with Crippen LogP contribution in [0.25, 0.3) is 0 Å². The summed E-state index contributed by atoms with van der Waals surface area (Å²) >= 11 is 0. The lowest BCUT2D eigenvalue weighted by atomic mass is 10.1. The van der Waals surface area contributed by atoms with E-state index in [4.69, 9.17) is 4.74 Å². The van der Waals surface area contributed by atoms with Gasteiger partial charge in [-0.15, -0.1) is 0 Å². The molecular formula is C13H28N2O. The summed E-state index contributed by atoms with van der Waals surface area (Å²) in [6.45, 7) is 11.3. The Balaban J connectivity index is 2.24. The standard InChI is InChI=1S/C13H28N2O/c1-11(2)13(10-16-4)14-9-12(3)15-7-5-6-8-15/h11-14H,5-10H2,1-4H3. The highest BCUT2D eigenvalue weighted by Crippen LogP contribution is 2.11. The number of hydrogen-bond acceptors (Lipinski definition) is 3. The Bertz CT molecular complexity index is 179. The molecule has 1 saturated heterocycles. The Hall–Kier alpha value is -0.120. The van der Waals surface area contributed by atoms with Crippen molar-refractivity contribution in [2.75, 3.05) is 33.4 Å². The van der Waals surface area contributed by atoms with Crippen molar-refractivity contribution in [3.05, 3.63) is 0 Å². The molecule has 16 heavy (non-hydrogen) atoms. The second kappa shape index (κ2) is 7.25. The zero-order valence-corrected chi connectivity index (χ0v) is 11.3. The summed E-state index contributed by atoms with van der Waals surface area (Å²) in [7, 11) is 1.78. The SMILES string of the molecule is COCC(NCC(C)N1CCCC1)C(C)C. The van der Waals surface area contributed by atoms with Crippen LogP contribution in [0.4, 0.5) is 0 Å². The molecule has 1 N–H and O–H groups in total. The highest BCUT2D eigenvalue weighted by molar-refractivity contribution is 4.78. The molecule has 96 valence electrons. The van der Waals surface area contributed by atoms with Crippen molar-refractivity contribution in [2.24, 2.45) is 5.92 Å². The molecule has 0 aliphatic carbocycles. The quantitative estimate of drug-likeness (QED) is 0.718. The van der Waals surface area contributed by atoms with Crippen LogP contribution in [-0.4, -0.2) is 50.3 Å². The molecule has 0 spiro atoms. The Morgan fingerprint density at radius 2 is 1.81 bits per heavy atom. The highest BCUT2D eigenvalue weighted by atomic mass is 16.5. The summed E-state index contributed by atoms with van der Waals surface area (Å²) in [5.41, 5.74) is 0. The topological polar surface area (TPSA) is 24.5 Å². The van der Waals surface area contributed by atoms with E-state index >= 15 is 0 Å². The fraction of sp³-hybridized carbons (Fsp3) is 1.00. The van der Waals surface area contributed by atoms with E-state index in [2.05, 4.69) is 31.0 Å². The molecule has 0 saturated carbocycles. The zero-order valence-electron chi connectivity index (χ0n) is 11.3. The summed E-state index contributed by atoms with van der Waals surface area (Å²) in [5, 5.41) is 3.63. The van der Waals surface area contributed by atoms with Gasteiger partial charge in [-0.25, -0.2) is 0 Å². The number of ether oxygens (including phenoxy) is 1. The van der Waals surface area contributed by atoms with Crippen molar-refractivity contribution in [1.29, 1.82) is 0 Å². The van der Waals surface area contributed by atoms with E-state index in [0.717, 1.165) is 13.2 Å². The molecule has 0 aromatic rings. The fourth-order valence-corrected chi connectivity index (χ4v) is 2.30. The van der Waals surface area contributed by atoms with Crippen molar-refractivity contribution in [3.8, 4) is 0 Å². The minimum absolute atomic E-state index is 0.482. The molecular weight excluding hydrogens is 200 g/mol. The Morgan fingerprint density at radius 1 is 1.19 bits per heavy atom. The van der Waals surface area contributed by atoms with Crippen LogP contribution < -0.4 is 5.32 Å². The van der Waals surface area contributed by atoms with Gasteiger partial charge in [0.2, 0.25) is 0 Å². The van der Waals surface area contributed by atoms with E-state index in [1.165, 1.54) is 25.9 Å². The van der Waals surface area contributed by atoms with Crippen molar-refractivity contribution >= 4 is 0 Å². The number of hydrogen-bond donors (Lipinski definition) is 1. The minimum atomic E-state index is 0.482. The summed E-state index contributed by atoms with van der Waals surface area (Å²) in [4.78, 5) is 2.58. The largest absolute Gasteiger partial charge is 0.383 e. The normalized spacial score (nSPS) is 21.6. The second-order valence-electron chi connectivity index (χ2n) is 5.31. The van der Waals surface area contributed by atoms with Crippen LogP contribution in [0.3, 0.4) is 0 Å². The van der Waals surface area contributed by atoms with E-state index in [-0.39, 0.29) is 0 Å². The van der Waals surface area contributed by atoms with Gasteiger partial charge in [0.05, 0.1) is 6.61 Å². The first kappa shape index (κ1) is 13.9. The highest BCUT2D eigenvalue weighted by Gasteiger charge is 2.19. The molecule has 3 heteroatoms. The van der Waals surface area contributed by atoms with Crippen LogP contribution in [-0.2, 0) is 4.74 Å². The van der Waals surface area contributed by atoms with Gasteiger partial charge in [0.25, 0.3) is 0 Å². The molecule has 2 atom stereocenters. The van der Waals surface area contributed by atoms with Gasteiger partial charge in [-0.05, 0) is 38.8 Å². The van der Waals surface area contributed by atoms with E-state index in [1.54, 1.807) is 7.11 Å². The van der Waals surface area contributed by atoms with Gasteiger partial charge in [-0.2, -0.15) is 0 Å². The van der Waals surface area contributed by atoms with Crippen LogP contribution in [0, 0.1) is 5.92 Å². The lowest BCUT2D eigenvalue weighted by Crippen LogP contribution is -2.45. The lowest BCUT2D eigenvalue weighted by molar-refractivity contribution is 0.140. The smallest absolute Gasteiger partial charge is 0.0618 e. The lowest BCUT2D eigenvalue weighted by Gasteiger charge is -2.28. The van der Waals surface area contributed by atoms with Crippen molar-refractivity contribution in [1.82, 2.24) is 10.2 Å². The molecule has 0 amide bonds. The van der Waals surface area contributed by atoms with Gasteiger partial charge in [-0.1, -0.05) is 13.8 Å². The van der Waals surface area contributed by atoms with Crippen molar-refractivity contribution < 1.29 is 4.74 Å². The third kappa shape index (κ3) is 4.40. The number of methoxy groups -OCH3 is 1. The van der Waals surface area contributed by atoms with Gasteiger partial charge >= 0.3 is 0 Å². The molecule has 1 rings (SSSR count). The molecule has 0 aromatic carbocycles. The maximum atomic E-state index is 5.25. The molecule has 2 unspecified atom stereocenters. The van der Waals surface area contributed by atoms with Crippen LogP contribution in [0.2, 0.25) is 0 Å². The Kier molecular flexibility index (Phi) is 6.32. The van der Waals surface area contributed by atoms with Crippen molar-refractivity contribution in [2.45, 2.75) is 45.7 Å². The second-order valence-corrected chi connectivity index (χ2v) is 5.31. The fourth-order valence-electron chi connectivity index (χ4n) is 2.30. The number of nitrogens with one attached hydrogen (secondary N) is 1.